The van der Waals surface area contributed by atoms with Crippen molar-refractivity contribution in [1.29, 1.82) is 5.26 Å². The Balaban J connectivity index is 2.16. The monoisotopic (exact) mass is 265 g/mol. The Morgan fingerprint density at radius 3 is 3.00 bits per heavy atom. The largest absolute Gasteiger partial charge is 0.397 e. The summed E-state index contributed by atoms with van der Waals surface area (Å²) in [5, 5.41) is 12.0. The maximum Gasteiger partial charge on any atom is 0.244 e. The van der Waals surface area contributed by atoms with Gasteiger partial charge in [-0.15, -0.1) is 0 Å². The molecule has 98 valence electrons. The van der Waals surface area contributed by atoms with Gasteiger partial charge in [-0.05, 0) is 18.2 Å². The molecule has 0 unspecified atom stereocenters. The lowest BCUT2D eigenvalue weighted by Crippen LogP contribution is -2.35. The Bertz CT molecular complexity index is 735. The van der Waals surface area contributed by atoms with Gasteiger partial charge in [0.05, 0.1) is 28.8 Å². The van der Waals surface area contributed by atoms with Crippen LogP contribution < -0.4 is 16.0 Å². The third-order valence-corrected chi connectivity index (χ3v) is 3.03. The van der Waals surface area contributed by atoms with E-state index in [0.29, 0.717) is 22.8 Å². The van der Waals surface area contributed by atoms with E-state index in [-0.39, 0.29) is 12.5 Å². The molecule has 0 atom stereocenters. The van der Waals surface area contributed by atoms with Gasteiger partial charge in [0.2, 0.25) is 5.91 Å². The molecule has 6 heteroatoms. The Kier molecular flexibility index (Phi) is 2.73. The highest BCUT2D eigenvalue weighted by atomic mass is 16.2. The Morgan fingerprint density at radius 2 is 2.20 bits per heavy atom. The van der Waals surface area contributed by atoms with Crippen LogP contribution in [0.15, 0.2) is 36.5 Å². The average Bonchev–Trinajstić information content (AvgIpc) is 2.46. The normalized spacial score (nSPS) is 13.3. The summed E-state index contributed by atoms with van der Waals surface area (Å²) in [4.78, 5) is 17.7. The number of hydrogen-bond acceptors (Lipinski definition) is 5. The number of nitrogens with two attached hydrogens (primary N) is 1. The Hall–Kier alpha value is -3.07. The smallest absolute Gasteiger partial charge is 0.244 e. The summed E-state index contributed by atoms with van der Waals surface area (Å²) in [7, 11) is 0. The number of rotatable bonds is 1. The van der Waals surface area contributed by atoms with Crippen molar-refractivity contribution >= 4 is 28.8 Å². The molecule has 0 aliphatic carbocycles. The van der Waals surface area contributed by atoms with E-state index in [1.165, 1.54) is 6.20 Å². The Labute approximate surface area is 115 Å². The summed E-state index contributed by atoms with van der Waals surface area (Å²) >= 11 is 0. The highest BCUT2D eigenvalue weighted by Crippen LogP contribution is 2.35. The predicted molar refractivity (Wildman–Crippen MR) is 75.4 cm³/mol. The van der Waals surface area contributed by atoms with Crippen molar-refractivity contribution in [3.8, 4) is 6.07 Å². The van der Waals surface area contributed by atoms with E-state index in [1.807, 2.05) is 24.3 Å². The zero-order valence-electron chi connectivity index (χ0n) is 10.5. The lowest BCUT2D eigenvalue weighted by Gasteiger charge is -2.30. The molecule has 0 spiro atoms. The first-order chi connectivity index (χ1) is 9.69. The van der Waals surface area contributed by atoms with Gasteiger partial charge in [0, 0.05) is 0 Å². The van der Waals surface area contributed by atoms with Crippen LogP contribution in [-0.4, -0.2) is 17.4 Å². The van der Waals surface area contributed by atoms with E-state index in [0.717, 1.165) is 5.69 Å². The number of aromatic nitrogens is 1. The first-order valence-corrected chi connectivity index (χ1v) is 6.01. The van der Waals surface area contributed by atoms with Gasteiger partial charge in [0.15, 0.2) is 5.82 Å². The second-order valence-electron chi connectivity index (χ2n) is 4.40. The molecule has 0 fully saturated rings. The summed E-state index contributed by atoms with van der Waals surface area (Å²) in [6.07, 6.45) is 1.48. The number of pyridine rings is 1. The number of nitrogen functional groups attached to an aromatic ring is 1. The average molecular weight is 265 g/mol. The van der Waals surface area contributed by atoms with E-state index in [9.17, 15) is 10.1 Å². The minimum Gasteiger partial charge on any atom is -0.397 e. The van der Waals surface area contributed by atoms with E-state index in [4.69, 9.17) is 5.73 Å². The van der Waals surface area contributed by atoms with Crippen LogP contribution in [0.2, 0.25) is 0 Å². The molecular formula is C14H11N5O. The van der Waals surface area contributed by atoms with Crippen LogP contribution in [0.25, 0.3) is 0 Å². The van der Waals surface area contributed by atoms with Crippen LogP contribution in [0, 0.1) is 11.3 Å². The number of nitrogens with one attached hydrogen (secondary N) is 1. The highest BCUT2D eigenvalue weighted by molar-refractivity contribution is 6.03. The van der Waals surface area contributed by atoms with Gasteiger partial charge in [-0.2, -0.15) is 5.26 Å². The SMILES string of the molecule is N#Cc1cc(N)cnc1N1CC(=O)Nc2ccccc21. The van der Waals surface area contributed by atoms with Crippen LogP contribution in [-0.2, 0) is 4.79 Å². The second kappa shape index (κ2) is 4.55. The van der Waals surface area contributed by atoms with E-state index in [2.05, 4.69) is 16.4 Å². The maximum atomic E-state index is 11.8. The molecule has 0 radical (unpaired) electrons. The number of nitrogens with zero attached hydrogens (tertiary/aromatic N) is 3. The fraction of sp³-hybridized carbons (Fsp3) is 0.0714. The van der Waals surface area contributed by atoms with Crippen LogP contribution in [0.3, 0.4) is 0 Å². The second-order valence-corrected chi connectivity index (χ2v) is 4.40. The number of carbonyl (C=O) groups excluding carboxylic acids is 1. The third-order valence-electron chi connectivity index (χ3n) is 3.03. The molecule has 0 saturated heterocycles. The summed E-state index contributed by atoms with van der Waals surface area (Å²) in [6.45, 7) is 0.114. The maximum absolute atomic E-state index is 11.8. The number of nitriles is 1. The summed E-state index contributed by atoms with van der Waals surface area (Å²) in [5.74, 6) is 0.287. The summed E-state index contributed by atoms with van der Waals surface area (Å²) in [5.41, 5.74) is 7.91. The van der Waals surface area contributed by atoms with Gasteiger partial charge in [0.1, 0.15) is 12.6 Å². The predicted octanol–water partition coefficient (Wildman–Crippen LogP) is 1.63. The molecule has 20 heavy (non-hydrogen) atoms. The van der Waals surface area contributed by atoms with Crippen molar-refractivity contribution in [2.24, 2.45) is 0 Å². The van der Waals surface area contributed by atoms with E-state index >= 15 is 0 Å². The first-order valence-electron chi connectivity index (χ1n) is 6.01. The Morgan fingerprint density at radius 1 is 1.40 bits per heavy atom. The molecule has 1 aromatic heterocycles. The fourth-order valence-electron chi connectivity index (χ4n) is 2.19. The lowest BCUT2D eigenvalue weighted by molar-refractivity contribution is -0.115. The quantitative estimate of drug-likeness (QED) is 0.817. The number of fused-ring (bicyclic) bond motifs is 1. The van der Waals surface area contributed by atoms with Crippen molar-refractivity contribution in [2.45, 2.75) is 0 Å². The van der Waals surface area contributed by atoms with E-state index in [1.54, 1.807) is 11.0 Å². The van der Waals surface area contributed by atoms with E-state index < -0.39 is 0 Å². The molecule has 3 N–H and O–H groups in total. The molecular weight excluding hydrogens is 254 g/mol. The van der Waals surface area contributed by atoms with Gasteiger partial charge in [-0.3, -0.25) is 4.79 Å². The molecule has 0 saturated carbocycles. The number of hydrogen-bond donors (Lipinski definition) is 2. The van der Waals surface area contributed by atoms with Gasteiger partial charge >= 0.3 is 0 Å². The molecule has 2 aromatic rings. The molecule has 1 aliphatic rings. The van der Waals surface area contributed by atoms with Crippen molar-refractivity contribution in [2.75, 3.05) is 22.5 Å². The summed E-state index contributed by atoms with van der Waals surface area (Å²) in [6, 6.07) is 11.0. The molecule has 1 aromatic carbocycles. The number of benzene rings is 1. The number of amides is 1. The van der Waals surface area contributed by atoms with Crippen LogP contribution in [0.4, 0.5) is 22.9 Å². The van der Waals surface area contributed by atoms with Crippen molar-refractivity contribution < 1.29 is 4.79 Å². The number of anilines is 4. The van der Waals surface area contributed by atoms with Crippen LogP contribution in [0.1, 0.15) is 5.56 Å². The van der Waals surface area contributed by atoms with Crippen LogP contribution >= 0.6 is 0 Å². The zero-order valence-corrected chi connectivity index (χ0v) is 10.5. The number of carbonyl (C=O) groups is 1. The topological polar surface area (TPSA) is 95.0 Å². The summed E-state index contributed by atoms with van der Waals surface area (Å²) < 4.78 is 0. The molecule has 2 heterocycles. The zero-order chi connectivity index (χ0) is 14.1. The molecule has 6 nitrogen and oxygen atoms in total. The van der Waals surface area contributed by atoms with Crippen molar-refractivity contribution in [1.82, 2.24) is 4.98 Å². The van der Waals surface area contributed by atoms with Gasteiger partial charge < -0.3 is 16.0 Å². The van der Waals surface area contributed by atoms with Gasteiger partial charge in [-0.25, -0.2) is 4.98 Å². The first kappa shape index (κ1) is 12.0. The fourth-order valence-corrected chi connectivity index (χ4v) is 2.19. The van der Waals surface area contributed by atoms with Crippen molar-refractivity contribution in [3.63, 3.8) is 0 Å². The molecule has 3 rings (SSSR count). The highest BCUT2D eigenvalue weighted by Gasteiger charge is 2.25. The van der Waals surface area contributed by atoms with Gasteiger partial charge in [0.25, 0.3) is 0 Å². The molecule has 1 amide bonds. The molecule has 1 aliphatic heterocycles. The minimum atomic E-state index is -0.147. The van der Waals surface area contributed by atoms with Crippen LogP contribution in [0.5, 0.6) is 0 Å². The standard InChI is InChI=1S/C14H11N5O/c15-6-9-5-10(16)7-17-14(9)19-8-13(20)18-11-3-1-2-4-12(11)19/h1-5,7H,8,16H2,(H,18,20). The third kappa shape index (κ3) is 1.91. The molecule has 0 bridgehead atoms. The van der Waals surface area contributed by atoms with Crippen molar-refractivity contribution in [3.05, 3.63) is 42.1 Å². The van der Waals surface area contributed by atoms with Gasteiger partial charge in [-0.1, -0.05) is 12.1 Å². The number of para-hydroxylation sites is 2. The minimum absolute atomic E-state index is 0.114. The lowest BCUT2D eigenvalue weighted by atomic mass is 10.1.